The minimum atomic E-state index is -5.20. The van der Waals surface area contributed by atoms with E-state index >= 15 is 0 Å². The summed E-state index contributed by atoms with van der Waals surface area (Å²) in [7, 11) is 0. The Morgan fingerprint density at radius 1 is 1.06 bits per heavy atom. The van der Waals surface area contributed by atoms with Crippen LogP contribution in [0, 0.1) is 5.92 Å². The molecule has 1 N–H and O–H groups in total. The van der Waals surface area contributed by atoms with Crippen molar-refractivity contribution in [3.8, 4) is 0 Å². The molecule has 1 aliphatic heterocycles. The number of carbonyl (C=O) groups excluding carboxylic acids is 3. The first-order valence-corrected chi connectivity index (χ1v) is 12.2. The quantitative estimate of drug-likeness (QED) is 0.542. The number of allylic oxidation sites excluding steroid dienone is 1. The van der Waals surface area contributed by atoms with Gasteiger partial charge in [-0.05, 0) is 39.0 Å². The first kappa shape index (κ1) is 25.6. The minimum absolute atomic E-state index is 0.0738. The third-order valence-electron chi connectivity index (χ3n) is 7.31. The van der Waals surface area contributed by atoms with Crippen molar-refractivity contribution < 1.29 is 32.3 Å². The normalized spacial score (nSPS) is 25.5. The Labute approximate surface area is 193 Å². The van der Waals surface area contributed by atoms with Crippen LogP contribution in [0.5, 0.6) is 0 Å². The van der Waals surface area contributed by atoms with Crippen molar-refractivity contribution in [2.75, 3.05) is 6.61 Å². The SMILES string of the molecule is CCOC(=O)C1=C(C)N(C2CCCCC2)C(=O)[C@]1(NC(=O)CCC1CCCCC1)C(F)(F)F. The number of nitrogens with one attached hydrogen (secondary N) is 1. The molecule has 33 heavy (non-hydrogen) atoms. The standard InChI is InChI=1S/C24H35F3N2O4/c1-3-33-21(31)20-16(2)29(18-12-8-5-9-13-18)22(32)23(20,24(25,26)27)28-19(30)15-14-17-10-6-4-7-11-17/h17-18H,3-15H2,1-2H3,(H,28,30)/t23-/m0/s1. The second-order valence-electron chi connectivity index (χ2n) is 9.49. The maximum atomic E-state index is 14.7. The molecule has 1 atom stereocenters. The van der Waals surface area contributed by atoms with Gasteiger partial charge in [-0.2, -0.15) is 13.2 Å². The van der Waals surface area contributed by atoms with Gasteiger partial charge in [0.15, 0.2) is 0 Å². The summed E-state index contributed by atoms with van der Waals surface area (Å²) in [5.41, 5.74) is -4.29. The zero-order chi connectivity index (χ0) is 24.2. The van der Waals surface area contributed by atoms with Crippen molar-refractivity contribution in [1.82, 2.24) is 10.2 Å². The maximum absolute atomic E-state index is 14.7. The van der Waals surface area contributed by atoms with Crippen molar-refractivity contribution in [1.29, 1.82) is 0 Å². The second kappa shape index (κ2) is 10.5. The average molecular weight is 473 g/mol. The van der Waals surface area contributed by atoms with E-state index in [-0.39, 0.29) is 18.7 Å². The first-order valence-electron chi connectivity index (χ1n) is 12.2. The van der Waals surface area contributed by atoms with E-state index < -0.39 is 41.1 Å². The molecule has 0 saturated heterocycles. The van der Waals surface area contributed by atoms with Crippen molar-refractivity contribution in [3.05, 3.63) is 11.3 Å². The summed E-state index contributed by atoms with van der Waals surface area (Å²) in [6, 6.07) is -0.431. The van der Waals surface area contributed by atoms with Crippen LogP contribution in [0.1, 0.15) is 90.9 Å². The Morgan fingerprint density at radius 2 is 1.64 bits per heavy atom. The molecular weight excluding hydrogens is 437 g/mol. The summed E-state index contributed by atoms with van der Waals surface area (Å²) in [5, 5.41) is 2.00. The number of alkyl halides is 3. The first-order chi connectivity index (χ1) is 15.6. The van der Waals surface area contributed by atoms with Crippen molar-refractivity contribution in [2.45, 2.75) is 109 Å². The molecule has 2 saturated carbocycles. The fourth-order valence-corrected chi connectivity index (χ4v) is 5.65. The van der Waals surface area contributed by atoms with E-state index in [0.29, 0.717) is 25.2 Å². The molecule has 0 aromatic heterocycles. The molecule has 0 aromatic rings. The summed E-state index contributed by atoms with van der Waals surface area (Å²) >= 11 is 0. The molecule has 1 heterocycles. The molecule has 2 fully saturated rings. The van der Waals surface area contributed by atoms with Gasteiger partial charge in [-0.25, -0.2) is 4.79 Å². The number of rotatable bonds is 7. The summed E-state index contributed by atoms with van der Waals surface area (Å²) in [6.45, 7) is 2.69. The van der Waals surface area contributed by atoms with E-state index in [9.17, 15) is 27.6 Å². The van der Waals surface area contributed by atoms with Crippen LogP contribution in [0.15, 0.2) is 11.3 Å². The smallest absolute Gasteiger partial charge is 0.425 e. The highest BCUT2D eigenvalue weighted by atomic mass is 19.4. The van der Waals surface area contributed by atoms with E-state index in [1.807, 2.05) is 5.32 Å². The fourth-order valence-electron chi connectivity index (χ4n) is 5.65. The molecule has 0 spiro atoms. The minimum Gasteiger partial charge on any atom is -0.462 e. The van der Waals surface area contributed by atoms with E-state index in [0.717, 1.165) is 56.3 Å². The van der Waals surface area contributed by atoms with Gasteiger partial charge < -0.3 is 15.0 Å². The molecule has 0 bridgehead atoms. The van der Waals surface area contributed by atoms with Gasteiger partial charge in [0.2, 0.25) is 11.4 Å². The zero-order valence-electron chi connectivity index (χ0n) is 19.6. The summed E-state index contributed by atoms with van der Waals surface area (Å²) in [5.74, 6) is -3.09. The Bertz CT molecular complexity index is 783. The van der Waals surface area contributed by atoms with Crippen molar-refractivity contribution in [3.63, 3.8) is 0 Å². The van der Waals surface area contributed by atoms with Crippen molar-refractivity contribution in [2.24, 2.45) is 5.92 Å². The van der Waals surface area contributed by atoms with Crippen LogP contribution < -0.4 is 5.32 Å². The molecule has 9 heteroatoms. The molecule has 3 aliphatic rings. The number of carbonyl (C=O) groups is 3. The lowest BCUT2D eigenvalue weighted by Crippen LogP contribution is -2.66. The van der Waals surface area contributed by atoms with Crippen LogP contribution in [-0.2, 0) is 19.1 Å². The molecule has 3 rings (SSSR count). The average Bonchev–Trinajstić information content (AvgIpc) is 3.00. The molecule has 0 unspecified atom stereocenters. The lowest BCUT2D eigenvalue weighted by Gasteiger charge is -2.36. The number of nitrogens with zero attached hydrogens (tertiary/aromatic N) is 1. The van der Waals surface area contributed by atoms with Gasteiger partial charge in [-0.3, -0.25) is 9.59 Å². The van der Waals surface area contributed by atoms with Gasteiger partial charge in [-0.15, -0.1) is 0 Å². The maximum Gasteiger partial charge on any atom is 0.425 e. The second-order valence-corrected chi connectivity index (χ2v) is 9.49. The fraction of sp³-hybridized carbons (Fsp3) is 0.792. The van der Waals surface area contributed by atoms with Crippen LogP contribution in [0.25, 0.3) is 0 Å². The number of hydrogen-bond donors (Lipinski definition) is 1. The van der Waals surface area contributed by atoms with E-state index in [1.54, 1.807) is 0 Å². The number of halogens is 3. The topological polar surface area (TPSA) is 75.7 Å². The Balaban J connectivity index is 1.94. The largest absolute Gasteiger partial charge is 0.462 e. The molecule has 186 valence electrons. The van der Waals surface area contributed by atoms with Crippen LogP contribution in [0.4, 0.5) is 13.2 Å². The van der Waals surface area contributed by atoms with E-state index in [2.05, 4.69) is 0 Å². The highest BCUT2D eigenvalue weighted by Gasteiger charge is 2.71. The summed E-state index contributed by atoms with van der Waals surface area (Å²) in [4.78, 5) is 40.2. The lowest BCUT2D eigenvalue weighted by molar-refractivity contribution is -0.197. The van der Waals surface area contributed by atoms with E-state index in [1.165, 1.54) is 13.8 Å². The number of amides is 2. The lowest BCUT2D eigenvalue weighted by atomic mass is 9.85. The molecular formula is C24H35F3N2O4. The van der Waals surface area contributed by atoms with Crippen LogP contribution in [-0.4, -0.2) is 47.0 Å². The third-order valence-corrected chi connectivity index (χ3v) is 7.31. The molecule has 2 aliphatic carbocycles. The van der Waals surface area contributed by atoms with Gasteiger partial charge in [0.05, 0.1) is 6.61 Å². The van der Waals surface area contributed by atoms with Gasteiger partial charge in [0.25, 0.3) is 5.91 Å². The van der Waals surface area contributed by atoms with E-state index in [4.69, 9.17) is 4.74 Å². The molecule has 6 nitrogen and oxygen atoms in total. The highest BCUT2D eigenvalue weighted by molar-refractivity contribution is 6.10. The molecule has 2 amide bonds. The highest BCUT2D eigenvalue weighted by Crippen LogP contribution is 2.47. The van der Waals surface area contributed by atoms with Gasteiger partial charge in [0.1, 0.15) is 5.57 Å². The van der Waals surface area contributed by atoms with Crippen LogP contribution in [0.3, 0.4) is 0 Å². The van der Waals surface area contributed by atoms with Crippen LogP contribution >= 0.6 is 0 Å². The zero-order valence-corrected chi connectivity index (χ0v) is 19.6. The number of hydrogen-bond acceptors (Lipinski definition) is 4. The van der Waals surface area contributed by atoms with Gasteiger partial charge in [-0.1, -0.05) is 51.4 Å². The monoisotopic (exact) mass is 472 g/mol. The summed E-state index contributed by atoms with van der Waals surface area (Å²) in [6.07, 6.45) is 3.98. The molecule has 0 aromatic carbocycles. The Kier molecular flexibility index (Phi) is 8.11. The van der Waals surface area contributed by atoms with Gasteiger partial charge in [0, 0.05) is 18.2 Å². The predicted molar refractivity (Wildman–Crippen MR) is 116 cm³/mol. The van der Waals surface area contributed by atoms with Crippen LogP contribution in [0.2, 0.25) is 0 Å². The van der Waals surface area contributed by atoms with Crippen molar-refractivity contribution >= 4 is 17.8 Å². The third kappa shape index (κ3) is 5.06. The summed E-state index contributed by atoms with van der Waals surface area (Å²) < 4.78 is 49.0. The Hall–Kier alpha value is -2.06. The Morgan fingerprint density at radius 3 is 2.18 bits per heavy atom. The predicted octanol–water partition coefficient (Wildman–Crippen LogP) is 4.78. The number of ether oxygens (including phenoxy) is 1. The molecule has 0 radical (unpaired) electrons. The number of esters is 1. The van der Waals surface area contributed by atoms with Gasteiger partial charge >= 0.3 is 12.1 Å².